The third kappa shape index (κ3) is 5.19. The quantitative estimate of drug-likeness (QED) is 0.748. The fraction of sp³-hybridized carbons (Fsp3) is 0.579. The van der Waals surface area contributed by atoms with Crippen LogP contribution in [0.4, 0.5) is 5.69 Å². The van der Waals surface area contributed by atoms with Crippen molar-refractivity contribution in [2.75, 3.05) is 57.3 Å². The fourth-order valence-electron chi connectivity index (χ4n) is 3.50. The van der Waals surface area contributed by atoms with Crippen LogP contribution in [0.3, 0.4) is 0 Å². The Balaban J connectivity index is 1.29. The number of carbonyl (C=O) groups excluding carboxylic acids is 2. The van der Waals surface area contributed by atoms with E-state index >= 15 is 0 Å². The maximum atomic E-state index is 12.1. The van der Waals surface area contributed by atoms with Crippen molar-refractivity contribution in [2.45, 2.75) is 19.3 Å². The number of benzene rings is 1. The second-order valence-electron chi connectivity index (χ2n) is 6.79. The van der Waals surface area contributed by atoms with Gasteiger partial charge in [0.1, 0.15) is 0 Å². The Morgan fingerprint density at radius 2 is 1.80 bits per heavy atom. The van der Waals surface area contributed by atoms with Crippen molar-refractivity contribution in [3.63, 3.8) is 0 Å². The van der Waals surface area contributed by atoms with E-state index in [0.29, 0.717) is 19.5 Å². The Morgan fingerprint density at radius 3 is 2.48 bits per heavy atom. The van der Waals surface area contributed by atoms with E-state index in [1.165, 1.54) is 5.69 Å². The largest absolute Gasteiger partial charge is 0.369 e. The normalized spacial score (nSPS) is 18.6. The molecule has 25 heavy (non-hydrogen) atoms. The molecule has 2 aliphatic heterocycles. The summed E-state index contributed by atoms with van der Waals surface area (Å²) in [6.07, 6.45) is 2.49. The molecule has 3 rings (SSSR count). The van der Waals surface area contributed by atoms with Gasteiger partial charge in [0.2, 0.25) is 11.8 Å². The van der Waals surface area contributed by atoms with Gasteiger partial charge in [-0.1, -0.05) is 18.2 Å². The van der Waals surface area contributed by atoms with Crippen LogP contribution in [0.5, 0.6) is 0 Å². The first-order chi connectivity index (χ1) is 12.2. The summed E-state index contributed by atoms with van der Waals surface area (Å²) < 4.78 is 0. The van der Waals surface area contributed by atoms with Gasteiger partial charge in [0.25, 0.3) is 0 Å². The minimum absolute atomic E-state index is 0.0842. The smallest absolute Gasteiger partial charge is 0.234 e. The molecule has 2 saturated heterocycles. The molecule has 2 aliphatic rings. The standard InChI is InChI=1S/C19H28N4O2/c24-18(20-9-5-11-23-10-4-8-19(23)25)16-21-12-14-22(15-13-21)17-6-2-1-3-7-17/h1-3,6-7H,4-5,8-16H2,(H,20,24). The number of amides is 2. The van der Waals surface area contributed by atoms with Gasteiger partial charge in [0.05, 0.1) is 6.54 Å². The number of anilines is 1. The summed E-state index contributed by atoms with van der Waals surface area (Å²) in [5.41, 5.74) is 1.25. The zero-order chi connectivity index (χ0) is 17.5. The van der Waals surface area contributed by atoms with Gasteiger partial charge in [-0.05, 0) is 25.0 Å². The van der Waals surface area contributed by atoms with Gasteiger partial charge in [0.15, 0.2) is 0 Å². The lowest BCUT2D eigenvalue weighted by Gasteiger charge is -2.35. The number of nitrogens with one attached hydrogen (secondary N) is 1. The van der Waals surface area contributed by atoms with Gasteiger partial charge in [-0.25, -0.2) is 0 Å². The summed E-state index contributed by atoms with van der Waals surface area (Å²) in [5.74, 6) is 0.337. The molecule has 0 spiro atoms. The van der Waals surface area contributed by atoms with E-state index in [-0.39, 0.29) is 11.8 Å². The molecule has 0 unspecified atom stereocenters. The Hall–Kier alpha value is -2.08. The highest BCUT2D eigenvalue weighted by atomic mass is 16.2. The lowest BCUT2D eigenvalue weighted by molar-refractivity contribution is -0.127. The monoisotopic (exact) mass is 344 g/mol. The Labute approximate surface area is 149 Å². The molecule has 0 saturated carbocycles. The van der Waals surface area contributed by atoms with Crippen LogP contribution in [0.15, 0.2) is 30.3 Å². The van der Waals surface area contributed by atoms with E-state index in [1.807, 2.05) is 11.0 Å². The van der Waals surface area contributed by atoms with Crippen molar-refractivity contribution in [2.24, 2.45) is 0 Å². The Morgan fingerprint density at radius 1 is 1.04 bits per heavy atom. The van der Waals surface area contributed by atoms with Gasteiger partial charge < -0.3 is 15.1 Å². The zero-order valence-corrected chi connectivity index (χ0v) is 14.8. The van der Waals surface area contributed by atoms with Crippen molar-refractivity contribution in [1.82, 2.24) is 15.1 Å². The second kappa shape index (κ2) is 8.85. The molecule has 0 aromatic heterocycles. The topological polar surface area (TPSA) is 55.9 Å². The molecular weight excluding hydrogens is 316 g/mol. The second-order valence-corrected chi connectivity index (χ2v) is 6.79. The molecule has 0 aliphatic carbocycles. The summed E-state index contributed by atoms with van der Waals surface area (Å²) in [5, 5.41) is 2.98. The summed E-state index contributed by atoms with van der Waals surface area (Å²) in [4.78, 5) is 30.1. The molecule has 2 fully saturated rings. The Kier molecular flexibility index (Phi) is 6.28. The molecule has 1 aromatic carbocycles. The van der Waals surface area contributed by atoms with Crippen LogP contribution in [0, 0.1) is 0 Å². The first-order valence-electron chi connectivity index (χ1n) is 9.29. The van der Waals surface area contributed by atoms with Crippen LogP contribution in [-0.4, -0.2) is 74.0 Å². The van der Waals surface area contributed by atoms with Crippen molar-refractivity contribution >= 4 is 17.5 Å². The van der Waals surface area contributed by atoms with Gasteiger partial charge in [-0.3, -0.25) is 14.5 Å². The predicted octanol–water partition coefficient (Wildman–Crippen LogP) is 0.937. The van der Waals surface area contributed by atoms with Crippen LogP contribution in [0.1, 0.15) is 19.3 Å². The number of piperazine rings is 1. The molecule has 0 radical (unpaired) electrons. The minimum atomic E-state index is 0.0842. The van der Waals surface area contributed by atoms with Crippen LogP contribution in [-0.2, 0) is 9.59 Å². The third-order valence-electron chi connectivity index (χ3n) is 4.96. The molecule has 1 N–H and O–H groups in total. The predicted molar refractivity (Wildman–Crippen MR) is 98.5 cm³/mol. The van der Waals surface area contributed by atoms with Crippen LogP contribution in [0.2, 0.25) is 0 Å². The highest BCUT2D eigenvalue weighted by molar-refractivity contribution is 5.78. The van der Waals surface area contributed by atoms with Crippen molar-refractivity contribution < 1.29 is 9.59 Å². The summed E-state index contributed by atoms with van der Waals surface area (Å²) in [6, 6.07) is 10.4. The highest BCUT2D eigenvalue weighted by Gasteiger charge is 2.20. The number of hydrogen-bond donors (Lipinski definition) is 1. The lowest BCUT2D eigenvalue weighted by Crippen LogP contribution is -2.49. The van der Waals surface area contributed by atoms with E-state index in [9.17, 15) is 9.59 Å². The van der Waals surface area contributed by atoms with E-state index in [4.69, 9.17) is 0 Å². The van der Waals surface area contributed by atoms with Crippen molar-refractivity contribution in [3.8, 4) is 0 Å². The summed E-state index contributed by atoms with van der Waals surface area (Å²) in [6.45, 7) is 6.46. The first-order valence-corrected chi connectivity index (χ1v) is 9.29. The maximum absolute atomic E-state index is 12.1. The van der Waals surface area contributed by atoms with Crippen molar-refractivity contribution in [3.05, 3.63) is 30.3 Å². The Bertz CT molecular complexity index is 570. The number of likely N-dealkylation sites (tertiary alicyclic amines) is 1. The summed E-state index contributed by atoms with van der Waals surface area (Å²) in [7, 11) is 0. The van der Waals surface area contributed by atoms with Gasteiger partial charge in [-0.15, -0.1) is 0 Å². The van der Waals surface area contributed by atoms with Crippen molar-refractivity contribution in [1.29, 1.82) is 0 Å². The molecule has 2 heterocycles. The SMILES string of the molecule is O=C(CN1CCN(c2ccccc2)CC1)NCCCN1CCCC1=O. The molecule has 136 valence electrons. The van der Waals surface area contributed by atoms with E-state index in [1.54, 1.807) is 0 Å². The number of hydrogen-bond acceptors (Lipinski definition) is 4. The molecule has 2 amide bonds. The highest BCUT2D eigenvalue weighted by Crippen LogP contribution is 2.15. The minimum Gasteiger partial charge on any atom is -0.369 e. The molecule has 6 nitrogen and oxygen atoms in total. The first kappa shape index (κ1) is 17.7. The van der Waals surface area contributed by atoms with E-state index in [2.05, 4.69) is 39.4 Å². The number of carbonyl (C=O) groups is 2. The lowest BCUT2D eigenvalue weighted by atomic mass is 10.2. The fourth-order valence-corrected chi connectivity index (χ4v) is 3.50. The van der Waals surface area contributed by atoms with E-state index < -0.39 is 0 Å². The van der Waals surface area contributed by atoms with Crippen LogP contribution >= 0.6 is 0 Å². The third-order valence-corrected chi connectivity index (χ3v) is 4.96. The molecule has 1 aromatic rings. The molecule has 0 atom stereocenters. The number of nitrogens with zero attached hydrogens (tertiary/aromatic N) is 3. The molecule has 6 heteroatoms. The summed E-state index contributed by atoms with van der Waals surface area (Å²) >= 11 is 0. The van der Waals surface area contributed by atoms with Gasteiger partial charge in [-0.2, -0.15) is 0 Å². The van der Waals surface area contributed by atoms with Gasteiger partial charge >= 0.3 is 0 Å². The average molecular weight is 344 g/mol. The zero-order valence-electron chi connectivity index (χ0n) is 14.8. The number of para-hydroxylation sites is 1. The number of rotatable bonds is 7. The molecule has 0 bridgehead atoms. The van der Waals surface area contributed by atoms with Crippen LogP contribution < -0.4 is 10.2 Å². The van der Waals surface area contributed by atoms with Gasteiger partial charge in [0, 0.05) is 57.9 Å². The molecular formula is C19H28N4O2. The van der Waals surface area contributed by atoms with E-state index in [0.717, 1.165) is 52.1 Å². The van der Waals surface area contributed by atoms with Crippen LogP contribution in [0.25, 0.3) is 0 Å². The average Bonchev–Trinajstić information content (AvgIpc) is 3.05. The maximum Gasteiger partial charge on any atom is 0.234 e.